The molecule has 0 aromatic heterocycles. The van der Waals surface area contributed by atoms with Gasteiger partial charge >= 0.3 is 0 Å². The summed E-state index contributed by atoms with van der Waals surface area (Å²) in [5, 5.41) is 0. The highest BCUT2D eigenvalue weighted by Crippen LogP contribution is 2.45. The molecule has 0 saturated heterocycles. The van der Waals surface area contributed by atoms with Gasteiger partial charge in [-0.3, -0.25) is 0 Å². The van der Waals surface area contributed by atoms with Crippen molar-refractivity contribution in [3.05, 3.63) is 0 Å². The van der Waals surface area contributed by atoms with E-state index in [1.807, 2.05) is 0 Å². The average molecular weight is 141 g/mol. The van der Waals surface area contributed by atoms with Crippen LogP contribution in [0.5, 0.6) is 0 Å². The number of nitrogens with two attached hydrogens (primary N) is 1. The Morgan fingerprint density at radius 1 is 1.60 bits per heavy atom. The molecule has 2 N–H and O–H groups in total. The minimum absolute atomic E-state index is 0.877. The van der Waals surface area contributed by atoms with Gasteiger partial charge in [-0.15, -0.1) is 0 Å². The Bertz CT molecular complexity index is 101. The molecule has 0 spiro atoms. The summed E-state index contributed by atoms with van der Waals surface area (Å²) in [6.45, 7) is 5.51. The van der Waals surface area contributed by atoms with Crippen molar-refractivity contribution in [1.82, 2.24) is 0 Å². The molecule has 1 saturated carbocycles. The average Bonchev–Trinajstić information content (AvgIpc) is 2.62. The van der Waals surface area contributed by atoms with E-state index in [4.69, 9.17) is 5.73 Å². The Kier molecular flexibility index (Phi) is 2.72. The van der Waals surface area contributed by atoms with Crippen LogP contribution in [0.15, 0.2) is 0 Å². The van der Waals surface area contributed by atoms with E-state index in [-0.39, 0.29) is 0 Å². The van der Waals surface area contributed by atoms with Crippen LogP contribution >= 0.6 is 0 Å². The predicted molar refractivity (Wildman–Crippen MR) is 44.7 cm³/mol. The maximum absolute atomic E-state index is 5.52. The molecule has 1 aliphatic rings. The van der Waals surface area contributed by atoms with Crippen molar-refractivity contribution in [3.63, 3.8) is 0 Å². The Balaban J connectivity index is 2.20. The number of hydrogen-bond acceptors (Lipinski definition) is 1. The molecule has 1 rings (SSSR count). The summed E-state index contributed by atoms with van der Waals surface area (Å²) in [5.41, 5.74) is 5.52. The minimum atomic E-state index is 0.877. The lowest BCUT2D eigenvalue weighted by molar-refractivity contribution is 0.404. The van der Waals surface area contributed by atoms with E-state index in [1.165, 1.54) is 19.3 Å². The topological polar surface area (TPSA) is 26.0 Å². The quantitative estimate of drug-likeness (QED) is 0.637. The van der Waals surface area contributed by atoms with E-state index in [2.05, 4.69) is 13.8 Å². The van der Waals surface area contributed by atoms with Gasteiger partial charge in [0.1, 0.15) is 0 Å². The predicted octanol–water partition coefficient (Wildman–Crippen LogP) is 2.02. The zero-order valence-electron chi connectivity index (χ0n) is 7.14. The SMILES string of the molecule is CCC(CCN)C1CC1C. The van der Waals surface area contributed by atoms with Crippen molar-refractivity contribution < 1.29 is 0 Å². The molecule has 0 heterocycles. The summed E-state index contributed by atoms with van der Waals surface area (Å²) >= 11 is 0. The van der Waals surface area contributed by atoms with Crippen molar-refractivity contribution in [2.45, 2.75) is 33.1 Å². The van der Waals surface area contributed by atoms with Crippen molar-refractivity contribution >= 4 is 0 Å². The maximum Gasteiger partial charge on any atom is -0.00745 e. The van der Waals surface area contributed by atoms with E-state index in [9.17, 15) is 0 Å². The normalized spacial score (nSPS) is 33.9. The van der Waals surface area contributed by atoms with Crippen LogP contribution in [-0.4, -0.2) is 6.54 Å². The number of hydrogen-bond donors (Lipinski definition) is 1. The van der Waals surface area contributed by atoms with Crippen LogP contribution in [0.2, 0.25) is 0 Å². The maximum atomic E-state index is 5.52. The second-order valence-electron chi connectivity index (χ2n) is 3.62. The van der Waals surface area contributed by atoms with E-state index >= 15 is 0 Å². The number of rotatable bonds is 4. The summed E-state index contributed by atoms with van der Waals surface area (Å²) in [6, 6.07) is 0. The van der Waals surface area contributed by atoms with Crippen LogP contribution in [0.4, 0.5) is 0 Å². The first-order chi connectivity index (χ1) is 4.79. The molecule has 0 aliphatic heterocycles. The molecule has 0 amide bonds. The van der Waals surface area contributed by atoms with Crippen molar-refractivity contribution in [3.8, 4) is 0 Å². The summed E-state index contributed by atoms with van der Waals surface area (Å²) in [4.78, 5) is 0. The zero-order chi connectivity index (χ0) is 7.56. The molecular formula is C9H19N. The molecule has 1 fully saturated rings. The molecule has 0 aromatic carbocycles. The highest BCUT2D eigenvalue weighted by atomic mass is 14.5. The second-order valence-corrected chi connectivity index (χ2v) is 3.62. The summed E-state index contributed by atoms with van der Waals surface area (Å²) in [5.74, 6) is 2.95. The molecule has 1 nitrogen and oxygen atoms in total. The third-order valence-corrected chi connectivity index (χ3v) is 2.84. The van der Waals surface area contributed by atoms with E-state index in [0.29, 0.717) is 0 Å². The van der Waals surface area contributed by atoms with Crippen LogP contribution in [0.25, 0.3) is 0 Å². The van der Waals surface area contributed by atoms with Gasteiger partial charge in [0.05, 0.1) is 0 Å². The third-order valence-electron chi connectivity index (χ3n) is 2.84. The highest BCUT2D eigenvalue weighted by molar-refractivity contribution is 4.87. The molecule has 3 atom stereocenters. The van der Waals surface area contributed by atoms with Gasteiger partial charge in [-0.2, -0.15) is 0 Å². The molecule has 3 unspecified atom stereocenters. The Hall–Kier alpha value is -0.0400. The first kappa shape index (κ1) is 8.06. The van der Waals surface area contributed by atoms with Gasteiger partial charge in [-0.1, -0.05) is 20.3 Å². The van der Waals surface area contributed by atoms with Crippen molar-refractivity contribution in [2.75, 3.05) is 6.54 Å². The van der Waals surface area contributed by atoms with Crippen LogP contribution < -0.4 is 5.73 Å². The van der Waals surface area contributed by atoms with Gasteiger partial charge < -0.3 is 5.73 Å². The van der Waals surface area contributed by atoms with E-state index < -0.39 is 0 Å². The van der Waals surface area contributed by atoms with Crippen molar-refractivity contribution in [1.29, 1.82) is 0 Å². The van der Waals surface area contributed by atoms with Gasteiger partial charge in [0, 0.05) is 0 Å². The smallest absolute Gasteiger partial charge is 0.00745 e. The minimum Gasteiger partial charge on any atom is -0.330 e. The third kappa shape index (κ3) is 1.72. The molecule has 1 aliphatic carbocycles. The summed E-state index contributed by atoms with van der Waals surface area (Å²) < 4.78 is 0. The standard InChI is InChI=1S/C9H19N/c1-3-8(4-5-10)9-6-7(9)2/h7-9H,3-6,10H2,1-2H3. The molecule has 0 radical (unpaired) electrons. The molecule has 10 heavy (non-hydrogen) atoms. The van der Waals surface area contributed by atoms with Gasteiger partial charge in [0.15, 0.2) is 0 Å². The molecule has 0 aromatic rings. The fourth-order valence-electron chi connectivity index (χ4n) is 1.94. The second kappa shape index (κ2) is 3.38. The van der Waals surface area contributed by atoms with Crippen LogP contribution in [0, 0.1) is 17.8 Å². The monoisotopic (exact) mass is 141 g/mol. The van der Waals surface area contributed by atoms with Crippen LogP contribution in [-0.2, 0) is 0 Å². The van der Waals surface area contributed by atoms with Gasteiger partial charge in [-0.25, -0.2) is 0 Å². The molecule has 1 heteroatoms. The molecular weight excluding hydrogens is 122 g/mol. The van der Waals surface area contributed by atoms with Crippen LogP contribution in [0.1, 0.15) is 33.1 Å². The van der Waals surface area contributed by atoms with E-state index in [0.717, 1.165) is 24.3 Å². The highest BCUT2D eigenvalue weighted by Gasteiger charge is 2.37. The lowest BCUT2D eigenvalue weighted by Gasteiger charge is -2.11. The molecule has 0 bridgehead atoms. The van der Waals surface area contributed by atoms with Crippen molar-refractivity contribution in [2.24, 2.45) is 23.5 Å². The lowest BCUT2D eigenvalue weighted by Crippen LogP contribution is -2.10. The summed E-state index contributed by atoms with van der Waals surface area (Å²) in [6.07, 6.45) is 4.02. The van der Waals surface area contributed by atoms with Crippen LogP contribution in [0.3, 0.4) is 0 Å². The van der Waals surface area contributed by atoms with Gasteiger partial charge in [0.2, 0.25) is 0 Å². The Labute approximate surface area is 64.0 Å². The largest absolute Gasteiger partial charge is 0.330 e. The Morgan fingerprint density at radius 2 is 2.20 bits per heavy atom. The molecule has 60 valence electrons. The summed E-state index contributed by atoms with van der Waals surface area (Å²) in [7, 11) is 0. The zero-order valence-corrected chi connectivity index (χ0v) is 7.14. The lowest BCUT2D eigenvalue weighted by atomic mass is 9.96. The van der Waals surface area contributed by atoms with Gasteiger partial charge in [0.25, 0.3) is 0 Å². The first-order valence-electron chi connectivity index (χ1n) is 4.49. The van der Waals surface area contributed by atoms with Gasteiger partial charge in [-0.05, 0) is 37.1 Å². The fraction of sp³-hybridized carbons (Fsp3) is 1.00. The Morgan fingerprint density at radius 3 is 2.50 bits per heavy atom. The first-order valence-corrected chi connectivity index (χ1v) is 4.49. The van der Waals surface area contributed by atoms with E-state index in [1.54, 1.807) is 0 Å². The fourth-order valence-corrected chi connectivity index (χ4v) is 1.94.